The Balaban J connectivity index is 1.25. The third kappa shape index (κ3) is 7.98. The van der Waals surface area contributed by atoms with Gasteiger partial charge in [0.25, 0.3) is 11.1 Å². The molecule has 2 amide bonds. The number of thioether (sulfide) groups is 2. The van der Waals surface area contributed by atoms with Gasteiger partial charge in [0.2, 0.25) is 11.8 Å². The number of methoxy groups -OCH3 is 2. The molecule has 0 unspecified atom stereocenters. The van der Waals surface area contributed by atoms with Crippen molar-refractivity contribution >= 4 is 68.5 Å². The van der Waals surface area contributed by atoms with Gasteiger partial charge in [-0.25, -0.2) is 9.97 Å². The van der Waals surface area contributed by atoms with E-state index in [0.717, 1.165) is 23.5 Å². The lowest BCUT2D eigenvalue weighted by atomic mass is 10.2. The third-order valence-corrected chi connectivity index (χ3v) is 9.57. The summed E-state index contributed by atoms with van der Waals surface area (Å²) < 4.78 is 13.3. The molecule has 2 aromatic heterocycles. The van der Waals surface area contributed by atoms with E-state index in [4.69, 9.17) is 19.4 Å². The number of ether oxygens (including phenoxy) is 2. The number of fused-ring (bicyclic) bond motifs is 2. The lowest BCUT2D eigenvalue weighted by Gasteiger charge is -2.16. The van der Waals surface area contributed by atoms with Gasteiger partial charge in [-0.1, -0.05) is 47.8 Å². The van der Waals surface area contributed by atoms with Gasteiger partial charge in [-0.3, -0.25) is 28.3 Å². The summed E-state index contributed by atoms with van der Waals surface area (Å²) in [6, 6.07) is 27.9. The number of nitrogens with zero attached hydrogens (tertiary/aromatic N) is 4. The number of para-hydroxylation sites is 2. The van der Waals surface area contributed by atoms with Crippen molar-refractivity contribution in [2.75, 3.05) is 36.4 Å². The summed E-state index contributed by atoms with van der Waals surface area (Å²) in [6.07, 6.45) is 0. The maximum Gasteiger partial charge on any atom is 0.262 e. The molecular formula is C36H32N6O6S2. The van der Waals surface area contributed by atoms with Crippen LogP contribution in [0.5, 0.6) is 11.5 Å². The van der Waals surface area contributed by atoms with E-state index in [1.165, 1.54) is 9.13 Å². The maximum absolute atomic E-state index is 13.8. The Morgan fingerprint density at radius 3 is 1.36 bits per heavy atom. The molecule has 0 saturated carbocycles. The van der Waals surface area contributed by atoms with Crippen LogP contribution >= 0.6 is 23.5 Å². The molecule has 0 aliphatic rings. The fraction of sp³-hybridized carbons (Fsp3) is 0.167. The molecule has 2 N–H and O–H groups in total. The Kier molecular flexibility index (Phi) is 10.8. The zero-order chi connectivity index (χ0) is 35.0. The summed E-state index contributed by atoms with van der Waals surface area (Å²) in [5.41, 5.74) is 1.59. The van der Waals surface area contributed by atoms with E-state index in [0.29, 0.717) is 55.0 Å². The van der Waals surface area contributed by atoms with Gasteiger partial charge in [-0.15, -0.1) is 0 Å². The Morgan fingerprint density at radius 1 is 0.600 bits per heavy atom. The lowest BCUT2D eigenvalue weighted by molar-refractivity contribution is -0.114. The first-order chi connectivity index (χ1) is 24.3. The van der Waals surface area contributed by atoms with Gasteiger partial charge in [0, 0.05) is 24.5 Å². The number of amides is 2. The average Bonchev–Trinajstić information content (AvgIpc) is 3.14. The highest BCUT2D eigenvalue weighted by Gasteiger charge is 2.17. The first-order valence-corrected chi connectivity index (χ1v) is 17.4. The van der Waals surface area contributed by atoms with E-state index in [1.807, 2.05) is 0 Å². The molecule has 50 heavy (non-hydrogen) atoms. The van der Waals surface area contributed by atoms with Crippen LogP contribution in [0.4, 0.5) is 11.4 Å². The molecule has 2 heterocycles. The van der Waals surface area contributed by atoms with E-state index in [-0.39, 0.29) is 47.5 Å². The highest BCUT2D eigenvalue weighted by atomic mass is 32.2. The van der Waals surface area contributed by atoms with Crippen LogP contribution in [0.1, 0.15) is 0 Å². The second kappa shape index (κ2) is 15.7. The van der Waals surface area contributed by atoms with E-state index in [2.05, 4.69) is 10.6 Å². The van der Waals surface area contributed by atoms with Crippen LogP contribution in [0.25, 0.3) is 21.8 Å². The van der Waals surface area contributed by atoms with Crippen molar-refractivity contribution < 1.29 is 19.1 Å². The molecule has 0 radical (unpaired) electrons. The highest BCUT2D eigenvalue weighted by molar-refractivity contribution is 8.00. The zero-order valence-electron chi connectivity index (χ0n) is 27.1. The predicted octanol–water partition coefficient (Wildman–Crippen LogP) is 5.29. The lowest BCUT2D eigenvalue weighted by Crippen LogP contribution is -2.30. The van der Waals surface area contributed by atoms with Gasteiger partial charge in [0.1, 0.15) is 11.5 Å². The number of carbonyl (C=O) groups is 2. The van der Waals surface area contributed by atoms with E-state index in [9.17, 15) is 19.2 Å². The molecule has 4 aromatic carbocycles. The van der Waals surface area contributed by atoms with Crippen molar-refractivity contribution in [2.24, 2.45) is 0 Å². The van der Waals surface area contributed by atoms with Crippen LogP contribution in [-0.2, 0) is 22.7 Å². The number of carbonyl (C=O) groups excluding carboxylic acids is 2. The highest BCUT2D eigenvalue weighted by Crippen LogP contribution is 2.22. The largest absolute Gasteiger partial charge is 0.497 e. The molecule has 14 heteroatoms. The number of aromatic nitrogens is 4. The number of rotatable bonds is 13. The first-order valence-electron chi connectivity index (χ1n) is 15.5. The summed E-state index contributed by atoms with van der Waals surface area (Å²) >= 11 is 2.24. The molecule has 0 fully saturated rings. The maximum atomic E-state index is 13.8. The summed E-state index contributed by atoms with van der Waals surface area (Å²) in [5, 5.41) is 7.16. The van der Waals surface area contributed by atoms with Crippen LogP contribution in [0.3, 0.4) is 0 Å². The minimum absolute atomic E-state index is 0.0152. The van der Waals surface area contributed by atoms with Crippen molar-refractivity contribution in [3.8, 4) is 11.5 Å². The smallest absolute Gasteiger partial charge is 0.262 e. The molecule has 6 aromatic rings. The minimum atomic E-state index is -0.302. The van der Waals surface area contributed by atoms with Crippen molar-refractivity contribution in [1.82, 2.24) is 19.1 Å². The number of hydrogen-bond acceptors (Lipinski definition) is 10. The summed E-state index contributed by atoms with van der Waals surface area (Å²) in [6.45, 7) is 0.120. The van der Waals surface area contributed by atoms with Gasteiger partial charge in [0.05, 0.1) is 47.5 Å². The number of benzene rings is 4. The topological polar surface area (TPSA) is 146 Å². The molecule has 0 bridgehead atoms. The van der Waals surface area contributed by atoms with Gasteiger partial charge in [-0.05, 0) is 72.8 Å². The fourth-order valence-electron chi connectivity index (χ4n) is 5.11. The SMILES string of the molecule is COc1ccc(NC(=O)CSc2nc3ccccc3c(=O)n2CCn2c(SCC(=O)Nc3ccc(OC)cc3)nc3ccccc3c2=O)cc1. The second-order valence-corrected chi connectivity index (χ2v) is 12.8. The quantitative estimate of drug-likeness (QED) is 0.120. The second-order valence-electron chi connectivity index (χ2n) is 10.9. The van der Waals surface area contributed by atoms with E-state index >= 15 is 0 Å². The molecule has 0 spiro atoms. The number of anilines is 2. The van der Waals surface area contributed by atoms with Crippen LogP contribution in [0.2, 0.25) is 0 Å². The molecule has 0 aliphatic carbocycles. The Bertz CT molecular complexity index is 2130. The van der Waals surface area contributed by atoms with E-state index in [1.54, 1.807) is 111 Å². The predicted molar refractivity (Wildman–Crippen MR) is 197 cm³/mol. The molecule has 254 valence electrons. The van der Waals surface area contributed by atoms with Crippen molar-refractivity contribution in [3.05, 3.63) is 118 Å². The molecule has 0 atom stereocenters. The van der Waals surface area contributed by atoms with Gasteiger partial charge < -0.3 is 20.1 Å². The van der Waals surface area contributed by atoms with Crippen molar-refractivity contribution in [3.63, 3.8) is 0 Å². The minimum Gasteiger partial charge on any atom is -0.497 e. The monoisotopic (exact) mass is 708 g/mol. The molecule has 12 nitrogen and oxygen atoms in total. The number of hydrogen-bond donors (Lipinski definition) is 2. The van der Waals surface area contributed by atoms with Crippen LogP contribution in [0.15, 0.2) is 117 Å². The number of nitrogens with one attached hydrogen (secondary N) is 2. The van der Waals surface area contributed by atoms with Crippen LogP contribution < -0.4 is 31.2 Å². The summed E-state index contributed by atoms with van der Waals surface area (Å²) in [5.74, 6) is 0.741. The van der Waals surface area contributed by atoms with Crippen LogP contribution in [0, 0.1) is 0 Å². The fourth-order valence-corrected chi connectivity index (χ4v) is 6.76. The van der Waals surface area contributed by atoms with Crippen molar-refractivity contribution in [1.29, 1.82) is 0 Å². The Labute approximate surface area is 294 Å². The average molecular weight is 709 g/mol. The Hall–Kier alpha value is -5.60. The molecule has 0 aliphatic heterocycles. The van der Waals surface area contributed by atoms with Gasteiger partial charge >= 0.3 is 0 Å². The molecule has 0 saturated heterocycles. The van der Waals surface area contributed by atoms with E-state index < -0.39 is 0 Å². The van der Waals surface area contributed by atoms with Gasteiger partial charge in [0.15, 0.2) is 10.3 Å². The zero-order valence-corrected chi connectivity index (χ0v) is 28.8. The van der Waals surface area contributed by atoms with Crippen LogP contribution in [-0.4, -0.2) is 56.6 Å². The first kappa shape index (κ1) is 34.3. The normalized spacial score (nSPS) is 11.0. The van der Waals surface area contributed by atoms with Gasteiger partial charge in [-0.2, -0.15) is 0 Å². The molecular weight excluding hydrogens is 677 g/mol. The Morgan fingerprint density at radius 2 is 0.980 bits per heavy atom. The van der Waals surface area contributed by atoms with Crippen molar-refractivity contribution in [2.45, 2.75) is 23.4 Å². The third-order valence-electron chi connectivity index (χ3n) is 7.61. The standard InChI is InChI=1S/C36H32N6O6S2/c1-47-25-15-11-23(12-16-25)37-31(43)21-49-35-39-29-9-5-3-7-27(29)33(45)41(35)19-20-42-34(46)28-8-4-6-10-30(28)40-36(42)50-22-32(44)38-24-13-17-26(48-2)18-14-24/h3-18H,19-22H2,1-2H3,(H,37,43)(H,38,44). The summed E-state index contributed by atoms with van der Waals surface area (Å²) in [4.78, 5) is 62.8. The molecule has 6 rings (SSSR count). The summed E-state index contributed by atoms with van der Waals surface area (Å²) in [7, 11) is 3.13.